The van der Waals surface area contributed by atoms with Crippen LogP contribution in [0.2, 0.25) is 0 Å². The van der Waals surface area contributed by atoms with Crippen molar-refractivity contribution in [2.75, 3.05) is 26.7 Å². The van der Waals surface area contributed by atoms with E-state index in [0.29, 0.717) is 23.5 Å². The molecule has 0 spiro atoms. The number of rotatable bonds is 4. The second-order valence-electron chi connectivity index (χ2n) is 7.87. The summed E-state index contributed by atoms with van der Waals surface area (Å²) < 4.78 is 5.40. The maximum atomic E-state index is 13.0. The molecule has 3 heterocycles. The molecule has 2 aliphatic rings. The minimum Gasteiger partial charge on any atom is -0.480 e. The van der Waals surface area contributed by atoms with E-state index in [-0.39, 0.29) is 5.91 Å². The summed E-state index contributed by atoms with van der Waals surface area (Å²) in [5, 5.41) is 0. The van der Waals surface area contributed by atoms with Crippen LogP contribution in [0.1, 0.15) is 42.2 Å². The van der Waals surface area contributed by atoms with E-state index in [1.807, 2.05) is 36.1 Å². The van der Waals surface area contributed by atoms with Crippen molar-refractivity contribution < 1.29 is 9.53 Å². The number of benzene rings is 1. The fourth-order valence-corrected chi connectivity index (χ4v) is 4.42. The maximum absolute atomic E-state index is 13.0. The summed E-state index contributed by atoms with van der Waals surface area (Å²) in [4.78, 5) is 26.0. The zero-order valence-electron chi connectivity index (χ0n) is 16.9. The Morgan fingerprint density at radius 3 is 2.79 bits per heavy atom. The second-order valence-corrected chi connectivity index (χ2v) is 7.87. The standard InChI is InChI=1S/C22H28N4O2/c1-15-7-4-5-10-26(15)19-12-25(13-19)22(27)18-9-6-8-17(11-18)20-16(2)23-14-24-21(20)28-3/h6,8-9,11,14-15,19H,4-5,7,10,12-13H2,1-3H3/t15-/m1/s1. The first-order valence-electron chi connectivity index (χ1n) is 10.1. The van der Waals surface area contributed by atoms with Gasteiger partial charge in [-0.3, -0.25) is 9.69 Å². The van der Waals surface area contributed by atoms with E-state index in [1.165, 1.54) is 25.6 Å². The molecule has 0 radical (unpaired) electrons. The summed E-state index contributed by atoms with van der Waals surface area (Å²) >= 11 is 0. The van der Waals surface area contributed by atoms with Gasteiger partial charge in [0.15, 0.2) is 0 Å². The smallest absolute Gasteiger partial charge is 0.253 e. The summed E-state index contributed by atoms with van der Waals surface area (Å²) in [7, 11) is 1.60. The molecule has 2 aromatic rings. The van der Waals surface area contributed by atoms with Crippen molar-refractivity contribution in [1.29, 1.82) is 0 Å². The number of carbonyl (C=O) groups excluding carboxylic acids is 1. The third-order valence-corrected chi connectivity index (χ3v) is 6.07. The molecule has 1 atom stereocenters. The Morgan fingerprint density at radius 1 is 1.21 bits per heavy atom. The minimum atomic E-state index is 0.0937. The normalized spacial score (nSPS) is 20.7. The Morgan fingerprint density at radius 2 is 2.04 bits per heavy atom. The lowest BCUT2D eigenvalue weighted by molar-refractivity contribution is 0.00213. The number of aromatic nitrogens is 2. The molecule has 1 amide bonds. The van der Waals surface area contributed by atoms with Gasteiger partial charge in [0, 0.05) is 30.7 Å². The molecule has 6 heteroatoms. The number of aryl methyl sites for hydroxylation is 1. The van der Waals surface area contributed by atoms with Gasteiger partial charge in [-0.05, 0) is 50.9 Å². The Bertz CT molecular complexity index is 863. The van der Waals surface area contributed by atoms with Gasteiger partial charge in [-0.25, -0.2) is 9.97 Å². The number of hydrogen-bond acceptors (Lipinski definition) is 5. The number of amides is 1. The third kappa shape index (κ3) is 3.49. The number of piperidine rings is 1. The summed E-state index contributed by atoms with van der Waals surface area (Å²) in [6.45, 7) is 7.05. The molecule has 2 aliphatic heterocycles. The molecule has 0 bridgehead atoms. The highest BCUT2D eigenvalue weighted by Gasteiger charge is 2.37. The first-order valence-corrected chi connectivity index (χ1v) is 10.1. The van der Waals surface area contributed by atoms with E-state index >= 15 is 0 Å². The molecule has 4 rings (SSSR count). The number of carbonyl (C=O) groups is 1. The average molecular weight is 380 g/mol. The zero-order chi connectivity index (χ0) is 19.7. The Labute approximate surface area is 166 Å². The molecule has 28 heavy (non-hydrogen) atoms. The Balaban J connectivity index is 1.49. The summed E-state index contributed by atoms with van der Waals surface area (Å²) in [6.07, 6.45) is 5.37. The molecule has 6 nitrogen and oxygen atoms in total. The summed E-state index contributed by atoms with van der Waals surface area (Å²) in [6, 6.07) is 8.83. The molecule has 0 unspecified atom stereocenters. The van der Waals surface area contributed by atoms with Crippen molar-refractivity contribution in [2.45, 2.75) is 45.2 Å². The van der Waals surface area contributed by atoms with Crippen LogP contribution in [0.15, 0.2) is 30.6 Å². The number of ether oxygens (including phenoxy) is 1. The van der Waals surface area contributed by atoms with E-state index in [2.05, 4.69) is 21.8 Å². The van der Waals surface area contributed by atoms with Crippen LogP contribution in [0.25, 0.3) is 11.1 Å². The molecule has 0 saturated carbocycles. The van der Waals surface area contributed by atoms with Crippen molar-refractivity contribution in [3.63, 3.8) is 0 Å². The number of hydrogen-bond donors (Lipinski definition) is 0. The van der Waals surface area contributed by atoms with Gasteiger partial charge in [0.1, 0.15) is 6.33 Å². The van der Waals surface area contributed by atoms with Crippen LogP contribution in [0.5, 0.6) is 5.88 Å². The minimum absolute atomic E-state index is 0.0937. The highest BCUT2D eigenvalue weighted by molar-refractivity contribution is 5.96. The molecule has 0 aliphatic carbocycles. The number of likely N-dealkylation sites (tertiary alicyclic amines) is 2. The third-order valence-electron chi connectivity index (χ3n) is 6.07. The topological polar surface area (TPSA) is 58.6 Å². The van der Waals surface area contributed by atoms with Gasteiger partial charge in [-0.15, -0.1) is 0 Å². The largest absolute Gasteiger partial charge is 0.480 e. The van der Waals surface area contributed by atoms with Crippen LogP contribution >= 0.6 is 0 Å². The molecule has 0 N–H and O–H groups in total. The fourth-order valence-electron chi connectivity index (χ4n) is 4.42. The summed E-state index contributed by atoms with van der Waals surface area (Å²) in [5.74, 6) is 0.622. The van der Waals surface area contributed by atoms with E-state index in [4.69, 9.17) is 4.74 Å². The number of nitrogens with zero attached hydrogens (tertiary/aromatic N) is 4. The SMILES string of the molecule is COc1ncnc(C)c1-c1cccc(C(=O)N2CC(N3CCCC[C@H]3C)C2)c1. The molecular formula is C22H28N4O2. The predicted molar refractivity (Wildman–Crippen MR) is 108 cm³/mol. The van der Waals surface area contributed by atoms with E-state index < -0.39 is 0 Å². The summed E-state index contributed by atoms with van der Waals surface area (Å²) in [5.41, 5.74) is 3.28. The van der Waals surface area contributed by atoms with Crippen LogP contribution in [-0.2, 0) is 0 Å². The van der Waals surface area contributed by atoms with Crippen LogP contribution in [0, 0.1) is 6.92 Å². The maximum Gasteiger partial charge on any atom is 0.253 e. The fraction of sp³-hybridized carbons (Fsp3) is 0.500. The van der Waals surface area contributed by atoms with E-state index in [1.54, 1.807) is 7.11 Å². The molecular weight excluding hydrogens is 352 g/mol. The molecule has 2 saturated heterocycles. The average Bonchev–Trinajstić information content (AvgIpc) is 2.68. The van der Waals surface area contributed by atoms with Crippen molar-refractivity contribution in [1.82, 2.24) is 19.8 Å². The van der Waals surface area contributed by atoms with Crippen LogP contribution in [0.3, 0.4) is 0 Å². The Hall–Kier alpha value is -2.47. The lowest BCUT2D eigenvalue weighted by Crippen LogP contribution is -2.63. The van der Waals surface area contributed by atoms with Crippen molar-refractivity contribution >= 4 is 5.91 Å². The van der Waals surface area contributed by atoms with E-state index in [9.17, 15) is 4.79 Å². The molecule has 1 aromatic heterocycles. The lowest BCUT2D eigenvalue weighted by Gasteiger charge is -2.49. The van der Waals surface area contributed by atoms with Gasteiger partial charge >= 0.3 is 0 Å². The highest BCUT2D eigenvalue weighted by atomic mass is 16.5. The van der Waals surface area contributed by atoms with Gasteiger partial charge in [-0.2, -0.15) is 0 Å². The predicted octanol–water partition coefficient (Wildman–Crippen LogP) is 3.16. The highest BCUT2D eigenvalue weighted by Crippen LogP contribution is 2.31. The van der Waals surface area contributed by atoms with Gasteiger partial charge in [0.25, 0.3) is 5.91 Å². The van der Waals surface area contributed by atoms with Crippen LogP contribution in [-0.4, -0.2) is 64.5 Å². The first-order chi connectivity index (χ1) is 13.6. The van der Waals surface area contributed by atoms with Gasteiger partial charge < -0.3 is 9.64 Å². The quantitative estimate of drug-likeness (QED) is 0.815. The monoisotopic (exact) mass is 380 g/mol. The van der Waals surface area contributed by atoms with Crippen LogP contribution < -0.4 is 4.74 Å². The van der Waals surface area contributed by atoms with Gasteiger partial charge in [0.2, 0.25) is 5.88 Å². The zero-order valence-corrected chi connectivity index (χ0v) is 16.9. The van der Waals surface area contributed by atoms with Gasteiger partial charge in [0.05, 0.1) is 18.4 Å². The lowest BCUT2D eigenvalue weighted by atomic mass is 9.96. The van der Waals surface area contributed by atoms with E-state index in [0.717, 1.165) is 36.5 Å². The van der Waals surface area contributed by atoms with Crippen molar-refractivity contribution in [3.8, 4) is 17.0 Å². The second kappa shape index (κ2) is 7.87. The molecule has 148 valence electrons. The van der Waals surface area contributed by atoms with Crippen molar-refractivity contribution in [2.24, 2.45) is 0 Å². The molecule has 1 aromatic carbocycles. The van der Waals surface area contributed by atoms with Crippen molar-refractivity contribution in [3.05, 3.63) is 41.9 Å². The van der Waals surface area contributed by atoms with Gasteiger partial charge in [-0.1, -0.05) is 18.6 Å². The van der Waals surface area contributed by atoms with Crippen LogP contribution in [0.4, 0.5) is 0 Å². The number of methoxy groups -OCH3 is 1. The molecule has 2 fully saturated rings. The Kier molecular flexibility index (Phi) is 5.31. The first kappa shape index (κ1) is 18.9.